The van der Waals surface area contributed by atoms with E-state index in [1.54, 1.807) is 13.8 Å². The van der Waals surface area contributed by atoms with E-state index in [2.05, 4.69) is 0 Å². The summed E-state index contributed by atoms with van der Waals surface area (Å²) in [6.45, 7) is 2.05. The molecule has 0 aromatic carbocycles. The Morgan fingerprint density at radius 1 is 0.548 bits per heavy atom. The topological polar surface area (TPSA) is 174 Å². The van der Waals surface area contributed by atoms with Gasteiger partial charge >= 0.3 is 29.8 Å². The molecule has 178 valence electrons. The molecule has 0 radical (unpaired) electrons. The van der Waals surface area contributed by atoms with Crippen LogP contribution in [0.4, 0.5) is 0 Å². The molecule has 0 rings (SSSR count). The van der Waals surface area contributed by atoms with Crippen LogP contribution in [-0.4, -0.2) is 132 Å². The number of nitrogens with zero attached hydrogens (tertiary/aromatic N) is 3. The number of hydrogen-bond donors (Lipinski definition) is 3. The van der Waals surface area contributed by atoms with Gasteiger partial charge in [-0.3, -0.25) is 38.7 Å². The molecular formula is C18H31N3O10. The van der Waals surface area contributed by atoms with Gasteiger partial charge in [-0.1, -0.05) is 0 Å². The van der Waals surface area contributed by atoms with Gasteiger partial charge in [0.2, 0.25) is 0 Å². The van der Waals surface area contributed by atoms with Crippen molar-refractivity contribution < 1.29 is 48.8 Å². The minimum Gasteiger partial charge on any atom is -0.480 e. The summed E-state index contributed by atoms with van der Waals surface area (Å²) in [5.41, 5.74) is 0. The fourth-order valence-electron chi connectivity index (χ4n) is 2.62. The van der Waals surface area contributed by atoms with Gasteiger partial charge in [0.25, 0.3) is 0 Å². The largest absolute Gasteiger partial charge is 0.480 e. The number of aliphatic carboxylic acids is 3. The second-order valence-corrected chi connectivity index (χ2v) is 6.49. The molecule has 0 unspecified atom stereocenters. The van der Waals surface area contributed by atoms with E-state index in [4.69, 9.17) is 24.8 Å². The van der Waals surface area contributed by atoms with Gasteiger partial charge in [-0.15, -0.1) is 0 Å². The Kier molecular flexibility index (Phi) is 14.6. The number of carbonyl (C=O) groups excluding carboxylic acids is 2. The van der Waals surface area contributed by atoms with Crippen molar-refractivity contribution in [2.75, 3.05) is 72.1 Å². The quantitative estimate of drug-likeness (QED) is 0.202. The van der Waals surface area contributed by atoms with Crippen LogP contribution >= 0.6 is 0 Å². The summed E-state index contributed by atoms with van der Waals surface area (Å²) in [6, 6.07) is 0. The van der Waals surface area contributed by atoms with Gasteiger partial charge in [0.1, 0.15) is 0 Å². The molecule has 0 spiro atoms. The van der Waals surface area contributed by atoms with Gasteiger partial charge in [0.05, 0.1) is 45.9 Å². The van der Waals surface area contributed by atoms with Crippen molar-refractivity contribution >= 4 is 29.8 Å². The number of ether oxygens (including phenoxy) is 2. The van der Waals surface area contributed by atoms with Gasteiger partial charge in [-0.05, 0) is 13.8 Å². The predicted molar refractivity (Wildman–Crippen MR) is 105 cm³/mol. The molecule has 0 amide bonds. The minimum absolute atomic E-state index is 0.0647. The van der Waals surface area contributed by atoms with Crippen LogP contribution in [0.1, 0.15) is 13.8 Å². The van der Waals surface area contributed by atoms with E-state index < -0.39 is 42.9 Å². The number of carboxylic acids is 3. The zero-order valence-electron chi connectivity index (χ0n) is 17.8. The Hall–Kier alpha value is -2.77. The van der Waals surface area contributed by atoms with E-state index in [-0.39, 0.29) is 59.0 Å². The molecule has 0 bridgehead atoms. The number of carboxylic acid groups (broad SMARTS) is 3. The molecular weight excluding hydrogens is 418 g/mol. The third-order valence-electron chi connectivity index (χ3n) is 3.86. The smallest absolute Gasteiger partial charge is 0.320 e. The minimum atomic E-state index is -1.16. The van der Waals surface area contributed by atoms with Crippen molar-refractivity contribution in [3.05, 3.63) is 0 Å². The van der Waals surface area contributed by atoms with E-state index in [9.17, 15) is 24.0 Å². The lowest BCUT2D eigenvalue weighted by Crippen LogP contribution is -2.45. The molecule has 0 aliphatic rings. The maximum atomic E-state index is 11.7. The second-order valence-electron chi connectivity index (χ2n) is 6.49. The first-order valence-electron chi connectivity index (χ1n) is 9.71. The molecule has 13 nitrogen and oxygen atoms in total. The number of esters is 2. The van der Waals surface area contributed by atoms with Crippen molar-refractivity contribution in [1.82, 2.24) is 14.7 Å². The SMILES string of the molecule is CCOC(=O)CN(CCN(CCN(CC(=O)O)CC(=O)OCC)CC(=O)O)CC(=O)O. The third-order valence-corrected chi connectivity index (χ3v) is 3.86. The Labute approximate surface area is 180 Å². The fourth-order valence-corrected chi connectivity index (χ4v) is 2.62. The van der Waals surface area contributed by atoms with Gasteiger partial charge in [0, 0.05) is 26.2 Å². The molecule has 0 aliphatic carbocycles. The predicted octanol–water partition coefficient (Wildman–Crippen LogP) is -1.73. The first-order chi connectivity index (χ1) is 14.6. The summed E-state index contributed by atoms with van der Waals surface area (Å²) in [5, 5.41) is 27.2. The van der Waals surface area contributed by atoms with Gasteiger partial charge < -0.3 is 24.8 Å². The Morgan fingerprint density at radius 2 is 0.839 bits per heavy atom. The van der Waals surface area contributed by atoms with Gasteiger partial charge in [-0.25, -0.2) is 0 Å². The molecule has 0 saturated carbocycles. The lowest BCUT2D eigenvalue weighted by Gasteiger charge is -2.27. The van der Waals surface area contributed by atoms with Crippen molar-refractivity contribution in [1.29, 1.82) is 0 Å². The maximum absolute atomic E-state index is 11.7. The number of rotatable bonds is 18. The van der Waals surface area contributed by atoms with Crippen molar-refractivity contribution in [2.45, 2.75) is 13.8 Å². The standard InChI is InChI=1S/C18H31N3O10/c1-3-30-17(28)12-20(10-15(24)25)7-5-19(9-14(22)23)6-8-21(11-16(26)27)13-18(29)31-4-2/h3-13H2,1-2H3,(H,22,23)(H,24,25)(H,26,27). The Morgan fingerprint density at radius 3 is 1.13 bits per heavy atom. The summed E-state index contributed by atoms with van der Waals surface area (Å²) < 4.78 is 9.62. The molecule has 31 heavy (non-hydrogen) atoms. The molecule has 0 atom stereocenters. The lowest BCUT2D eigenvalue weighted by molar-refractivity contribution is -0.147. The van der Waals surface area contributed by atoms with Crippen LogP contribution in [0.25, 0.3) is 0 Å². The van der Waals surface area contributed by atoms with E-state index in [1.807, 2.05) is 0 Å². The van der Waals surface area contributed by atoms with Crippen LogP contribution in [0.2, 0.25) is 0 Å². The fraction of sp³-hybridized carbons (Fsp3) is 0.722. The average Bonchev–Trinajstić information content (AvgIpc) is 2.62. The molecule has 0 saturated heterocycles. The van der Waals surface area contributed by atoms with Crippen LogP contribution in [0.5, 0.6) is 0 Å². The monoisotopic (exact) mass is 449 g/mol. The van der Waals surface area contributed by atoms with Crippen LogP contribution in [0.3, 0.4) is 0 Å². The van der Waals surface area contributed by atoms with Crippen LogP contribution in [-0.2, 0) is 33.4 Å². The zero-order valence-corrected chi connectivity index (χ0v) is 17.8. The van der Waals surface area contributed by atoms with Crippen LogP contribution in [0.15, 0.2) is 0 Å². The number of carbonyl (C=O) groups is 5. The van der Waals surface area contributed by atoms with Crippen LogP contribution in [0, 0.1) is 0 Å². The Bertz CT molecular complexity index is 569. The molecule has 0 aliphatic heterocycles. The van der Waals surface area contributed by atoms with E-state index in [0.29, 0.717) is 0 Å². The molecule has 13 heteroatoms. The van der Waals surface area contributed by atoms with Gasteiger partial charge in [0.15, 0.2) is 0 Å². The van der Waals surface area contributed by atoms with Gasteiger partial charge in [-0.2, -0.15) is 0 Å². The average molecular weight is 449 g/mol. The van der Waals surface area contributed by atoms with Crippen molar-refractivity contribution in [2.24, 2.45) is 0 Å². The highest BCUT2D eigenvalue weighted by molar-refractivity contribution is 5.74. The Balaban J connectivity index is 5.00. The summed E-state index contributed by atoms with van der Waals surface area (Å²) >= 11 is 0. The van der Waals surface area contributed by atoms with E-state index in [0.717, 1.165) is 0 Å². The van der Waals surface area contributed by atoms with Crippen molar-refractivity contribution in [3.63, 3.8) is 0 Å². The van der Waals surface area contributed by atoms with E-state index in [1.165, 1.54) is 14.7 Å². The molecule has 0 aromatic heterocycles. The maximum Gasteiger partial charge on any atom is 0.320 e. The van der Waals surface area contributed by atoms with E-state index >= 15 is 0 Å². The lowest BCUT2D eigenvalue weighted by atomic mass is 10.3. The molecule has 0 aromatic rings. The summed E-state index contributed by atoms with van der Waals surface area (Å²) in [4.78, 5) is 60.6. The highest BCUT2D eigenvalue weighted by atomic mass is 16.5. The normalized spacial score (nSPS) is 11.0. The first kappa shape index (κ1) is 28.2. The summed E-state index contributed by atoms with van der Waals surface area (Å²) in [7, 11) is 0. The van der Waals surface area contributed by atoms with Crippen molar-refractivity contribution in [3.8, 4) is 0 Å². The molecule has 0 heterocycles. The molecule has 0 fully saturated rings. The zero-order chi connectivity index (χ0) is 23.8. The third kappa shape index (κ3) is 15.7. The highest BCUT2D eigenvalue weighted by Gasteiger charge is 2.20. The second kappa shape index (κ2) is 16.0. The van der Waals surface area contributed by atoms with Crippen LogP contribution < -0.4 is 0 Å². The first-order valence-corrected chi connectivity index (χ1v) is 9.71. The molecule has 3 N–H and O–H groups in total. The summed E-state index contributed by atoms with van der Waals surface area (Å²) in [5.74, 6) is -4.65. The number of hydrogen-bond acceptors (Lipinski definition) is 10. The highest BCUT2D eigenvalue weighted by Crippen LogP contribution is 1.98. The summed E-state index contributed by atoms with van der Waals surface area (Å²) in [6.07, 6.45) is 0.